The number of likely N-dealkylation sites (tertiary alicyclic amines) is 1. The lowest BCUT2D eigenvalue weighted by Gasteiger charge is -2.30. The van der Waals surface area contributed by atoms with Crippen LogP contribution in [0.1, 0.15) is 22.7 Å². The molecule has 1 atom stereocenters. The third kappa shape index (κ3) is 4.40. The van der Waals surface area contributed by atoms with Crippen molar-refractivity contribution in [2.75, 3.05) is 46.5 Å². The Labute approximate surface area is 187 Å². The van der Waals surface area contributed by atoms with Crippen LogP contribution >= 0.6 is 0 Å². The van der Waals surface area contributed by atoms with Crippen molar-refractivity contribution in [3.63, 3.8) is 0 Å². The van der Waals surface area contributed by atoms with Gasteiger partial charge in [0, 0.05) is 5.57 Å². The second-order valence-electron chi connectivity index (χ2n) is 8.22. The average molecular weight is 437 g/mol. The number of nitrogens with zero attached hydrogens (tertiary/aromatic N) is 1. The number of ether oxygens (including phenoxy) is 2. The van der Waals surface area contributed by atoms with E-state index in [1.165, 1.54) is 4.90 Å². The molecule has 2 aliphatic heterocycles. The third-order valence-electron chi connectivity index (χ3n) is 6.18. The fourth-order valence-corrected chi connectivity index (χ4v) is 4.28. The van der Waals surface area contributed by atoms with Gasteiger partial charge in [-0.05, 0) is 30.2 Å². The highest BCUT2D eigenvalue weighted by molar-refractivity contribution is 6.46. The van der Waals surface area contributed by atoms with E-state index < -0.39 is 23.5 Å². The first-order valence-electron chi connectivity index (χ1n) is 10.9. The lowest BCUT2D eigenvalue weighted by Crippen LogP contribution is -3.14. The topological polar surface area (TPSA) is 83.3 Å². The average Bonchev–Trinajstić information content (AvgIpc) is 3.08. The van der Waals surface area contributed by atoms with E-state index in [0.29, 0.717) is 37.6 Å². The van der Waals surface area contributed by atoms with Crippen LogP contribution in [0.3, 0.4) is 0 Å². The molecular weight excluding hydrogens is 408 g/mol. The van der Waals surface area contributed by atoms with Crippen molar-refractivity contribution in [3.05, 3.63) is 70.8 Å². The van der Waals surface area contributed by atoms with E-state index in [2.05, 4.69) is 0 Å². The molecule has 168 valence electrons. The predicted molar refractivity (Wildman–Crippen MR) is 117 cm³/mol. The molecule has 2 aromatic rings. The zero-order valence-corrected chi connectivity index (χ0v) is 18.4. The van der Waals surface area contributed by atoms with E-state index in [1.54, 1.807) is 36.3 Å². The number of nitrogens with one attached hydrogen (secondary N) is 1. The Morgan fingerprint density at radius 2 is 1.75 bits per heavy atom. The van der Waals surface area contributed by atoms with Gasteiger partial charge < -0.3 is 24.4 Å². The molecule has 7 nitrogen and oxygen atoms in total. The van der Waals surface area contributed by atoms with Crippen molar-refractivity contribution in [1.29, 1.82) is 0 Å². The Hall–Kier alpha value is -3.16. The van der Waals surface area contributed by atoms with E-state index in [-0.39, 0.29) is 5.57 Å². The van der Waals surface area contributed by atoms with E-state index in [0.717, 1.165) is 24.2 Å². The van der Waals surface area contributed by atoms with Gasteiger partial charge in [-0.1, -0.05) is 47.7 Å². The summed E-state index contributed by atoms with van der Waals surface area (Å²) < 4.78 is 10.6. The number of morpholine rings is 1. The zero-order chi connectivity index (χ0) is 22.7. The standard InChI is InChI=1S/C25H28N2O5/c1-17-3-5-18(6-4-17)22-21(23(28)19-7-9-20(31-2)10-8-19)24(29)25(30)27(22)12-11-26-13-15-32-16-14-26/h3-10,22,28H,11-16H2,1-2H3/b23-21+. The van der Waals surface area contributed by atoms with Gasteiger partial charge in [-0.2, -0.15) is 0 Å². The van der Waals surface area contributed by atoms with Crippen molar-refractivity contribution >= 4 is 17.4 Å². The minimum absolute atomic E-state index is 0.0148. The molecule has 2 aromatic carbocycles. The molecule has 2 aliphatic rings. The molecule has 1 unspecified atom stereocenters. The summed E-state index contributed by atoms with van der Waals surface area (Å²) >= 11 is 0. The van der Waals surface area contributed by atoms with Crippen LogP contribution in [0.2, 0.25) is 0 Å². The number of rotatable bonds is 6. The maximum atomic E-state index is 13.4. The Balaban J connectivity index is 1.71. The van der Waals surface area contributed by atoms with Crippen LogP contribution in [0, 0.1) is 6.92 Å². The van der Waals surface area contributed by atoms with Crippen LogP contribution in [0.15, 0.2) is 54.1 Å². The van der Waals surface area contributed by atoms with Gasteiger partial charge in [-0.15, -0.1) is 0 Å². The molecule has 2 saturated heterocycles. The number of amides is 1. The SMILES string of the molecule is COc1ccc(/C([O-])=C2\C(=O)C(=O)N(CC[NH+]3CCOCC3)C2c2ccc(C)cc2)cc1. The second-order valence-corrected chi connectivity index (χ2v) is 8.22. The summed E-state index contributed by atoms with van der Waals surface area (Å²) in [6.45, 7) is 6.20. The van der Waals surface area contributed by atoms with Gasteiger partial charge >= 0.3 is 0 Å². The minimum Gasteiger partial charge on any atom is -0.872 e. The van der Waals surface area contributed by atoms with Crippen LogP contribution < -0.4 is 14.7 Å². The fraction of sp³-hybridized carbons (Fsp3) is 0.360. The Bertz CT molecular complexity index is 1010. The molecule has 7 heteroatoms. The molecular formula is C25H28N2O5. The molecule has 1 amide bonds. The van der Waals surface area contributed by atoms with Gasteiger partial charge in [-0.25, -0.2) is 0 Å². The lowest BCUT2D eigenvalue weighted by atomic mass is 9.94. The van der Waals surface area contributed by atoms with Gasteiger partial charge in [0.15, 0.2) is 0 Å². The maximum absolute atomic E-state index is 13.4. The molecule has 0 radical (unpaired) electrons. The monoisotopic (exact) mass is 436 g/mol. The number of Topliss-reactive ketones (excluding diaryl/α,β-unsaturated/α-hetero) is 1. The van der Waals surface area contributed by atoms with Gasteiger partial charge in [-0.3, -0.25) is 9.59 Å². The molecule has 2 fully saturated rings. The van der Waals surface area contributed by atoms with E-state index in [4.69, 9.17) is 9.47 Å². The quantitative estimate of drug-likeness (QED) is 0.396. The predicted octanol–water partition coefficient (Wildman–Crippen LogP) is 0.143. The largest absolute Gasteiger partial charge is 0.872 e. The molecule has 0 saturated carbocycles. The number of hydrogen-bond acceptors (Lipinski definition) is 5. The first kappa shape index (κ1) is 22.0. The molecule has 0 bridgehead atoms. The summed E-state index contributed by atoms with van der Waals surface area (Å²) in [6, 6.07) is 13.6. The smallest absolute Gasteiger partial charge is 0.295 e. The molecule has 32 heavy (non-hydrogen) atoms. The lowest BCUT2D eigenvalue weighted by molar-refractivity contribution is -0.907. The number of methoxy groups -OCH3 is 1. The fourth-order valence-electron chi connectivity index (χ4n) is 4.28. The Morgan fingerprint density at radius 1 is 1.09 bits per heavy atom. The normalized spacial score (nSPS) is 21.2. The van der Waals surface area contributed by atoms with Crippen LogP contribution in [-0.4, -0.2) is 63.1 Å². The van der Waals surface area contributed by atoms with Gasteiger partial charge in [0.2, 0.25) is 5.78 Å². The van der Waals surface area contributed by atoms with E-state index in [9.17, 15) is 14.7 Å². The van der Waals surface area contributed by atoms with Crippen LogP contribution in [-0.2, 0) is 14.3 Å². The summed E-state index contributed by atoms with van der Waals surface area (Å²) in [5.74, 6) is -1.13. The molecule has 0 spiro atoms. The Morgan fingerprint density at radius 3 is 2.38 bits per heavy atom. The van der Waals surface area contributed by atoms with Crippen molar-refractivity contribution < 1.29 is 29.1 Å². The van der Waals surface area contributed by atoms with Crippen LogP contribution in [0.25, 0.3) is 5.76 Å². The highest BCUT2D eigenvalue weighted by atomic mass is 16.5. The van der Waals surface area contributed by atoms with Crippen molar-refractivity contribution in [2.45, 2.75) is 13.0 Å². The van der Waals surface area contributed by atoms with E-state index in [1.807, 2.05) is 31.2 Å². The van der Waals surface area contributed by atoms with Crippen molar-refractivity contribution in [2.24, 2.45) is 0 Å². The van der Waals surface area contributed by atoms with Crippen molar-refractivity contribution in [3.8, 4) is 5.75 Å². The second kappa shape index (κ2) is 9.54. The van der Waals surface area contributed by atoms with Gasteiger partial charge in [0.1, 0.15) is 18.8 Å². The van der Waals surface area contributed by atoms with E-state index >= 15 is 0 Å². The number of hydrogen-bond donors (Lipinski definition) is 1. The molecule has 0 aliphatic carbocycles. The van der Waals surface area contributed by atoms with Crippen molar-refractivity contribution in [1.82, 2.24) is 4.90 Å². The highest BCUT2D eigenvalue weighted by Gasteiger charge is 2.44. The van der Waals surface area contributed by atoms with Gasteiger partial charge in [0.05, 0.1) is 39.5 Å². The van der Waals surface area contributed by atoms with Crippen LogP contribution in [0.4, 0.5) is 0 Å². The summed E-state index contributed by atoms with van der Waals surface area (Å²) in [6.07, 6.45) is 0. The summed E-state index contributed by atoms with van der Waals surface area (Å²) in [5.41, 5.74) is 2.21. The number of aryl methyl sites for hydroxylation is 1. The number of carbonyl (C=O) groups is 2. The Kier molecular flexibility index (Phi) is 6.58. The summed E-state index contributed by atoms with van der Waals surface area (Å²) in [7, 11) is 1.55. The number of carbonyl (C=O) groups excluding carboxylic acids is 2. The highest BCUT2D eigenvalue weighted by Crippen LogP contribution is 2.38. The number of benzene rings is 2. The number of ketones is 1. The van der Waals surface area contributed by atoms with Crippen LogP contribution in [0.5, 0.6) is 5.75 Å². The molecule has 0 aromatic heterocycles. The summed E-state index contributed by atoms with van der Waals surface area (Å²) in [4.78, 5) is 29.0. The maximum Gasteiger partial charge on any atom is 0.295 e. The summed E-state index contributed by atoms with van der Waals surface area (Å²) in [5, 5.41) is 13.4. The molecule has 1 N–H and O–H groups in total. The first-order valence-corrected chi connectivity index (χ1v) is 10.9. The first-order chi connectivity index (χ1) is 15.5. The van der Waals surface area contributed by atoms with Gasteiger partial charge in [0.25, 0.3) is 5.91 Å². The minimum atomic E-state index is -0.714. The third-order valence-corrected chi connectivity index (χ3v) is 6.18. The molecule has 2 heterocycles. The molecule has 4 rings (SSSR count). The zero-order valence-electron chi connectivity index (χ0n) is 18.4. The number of quaternary nitrogens is 1.